The Balaban J connectivity index is 1.26. The fourth-order valence-corrected chi connectivity index (χ4v) is 7.06. The van der Waals surface area contributed by atoms with E-state index in [1.165, 1.54) is 25.7 Å². The SMILES string of the molecule is Cc1noc(C)c1S(=O)(=O)NC1CCC(C(=O)N2CCN(C3CCCC3)CC2)CC1. The predicted molar refractivity (Wildman–Crippen MR) is 112 cm³/mol. The summed E-state index contributed by atoms with van der Waals surface area (Å²) in [4.78, 5) is 17.7. The highest BCUT2D eigenvalue weighted by molar-refractivity contribution is 7.89. The molecule has 0 atom stereocenters. The molecule has 0 bridgehead atoms. The summed E-state index contributed by atoms with van der Waals surface area (Å²) in [7, 11) is -3.66. The van der Waals surface area contributed by atoms with E-state index in [0.717, 1.165) is 45.1 Å². The van der Waals surface area contributed by atoms with E-state index in [4.69, 9.17) is 4.52 Å². The molecule has 1 N–H and O–H groups in total. The highest BCUT2D eigenvalue weighted by atomic mass is 32.2. The van der Waals surface area contributed by atoms with E-state index in [0.29, 0.717) is 24.3 Å². The van der Waals surface area contributed by atoms with Gasteiger partial charge in [0.1, 0.15) is 10.6 Å². The van der Waals surface area contributed by atoms with Crippen LogP contribution in [-0.4, -0.2) is 67.5 Å². The van der Waals surface area contributed by atoms with Gasteiger partial charge in [-0.05, 0) is 52.4 Å². The van der Waals surface area contributed by atoms with Crippen LogP contribution in [0.3, 0.4) is 0 Å². The van der Waals surface area contributed by atoms with Gasteiger partial charge < -0.3 is 9.42 Å². The molecule has 4 rings (SSSR count). The van der Waals surface area contributed by atoms with Crippen LogP contribution in [0.5, 0.6) is 0 Å². The van der Waals surface area contributed by atoms with E-state index in [2.05, 4.69) is 14.8 Å². The third kappa shape index (κ3) is 4.57. The van der Waals surface area contributed by atoms with Crippen molar-refractivity contribution in [2.45, 2.75) is 82.2 Å². The van der Waals surface area contributed by atoms with Gasteiger partial charge in [0.25, 0.3) is 0 Å². The summed E-state index contributed by atoms with van der Waals surface area (Å²) in [6.45, 7) is 6.87. The van der Waals surface area contributed by atoms with E-state index in [-0.39, 0.29) is 22.8 Å². The second-order valence-electron chi connectivity index (χ2n) is 9.12. The summed E-state index contributed by atoms with van der Waals surface area (Å²) in [5.74, 6) is 0.580. The molecule has 0 radical (unpaired) electrons. The first-order chi connectivity index (χ1) is 14.3. The van der Waals surface area contributed by atoms with Gasteiger partial charge in [-0.2, -0.15) is 0 Å². The molecule has 2 heterocycles. The van der Waals surface area contributed by atoms with Gasteiger partial charge in [0, 0.05) is 44.2 Å². The van der Waals surface area contributed by atoms with Crippen LogP contribution in [0.2, 0.25) is 0 Å². The number of sulfonamides is 1. The fourth-order valence-electron chi connectivity index (χ4n) is 5.43. The molecule has 1 aromatic rings. The summed E-state index contributed by atoms with van der Waals surface area (Å²) in [5.41, 5.74) is 0.376. The van der Waals surface area contributed by atoms with Gasteiger partial charge in [0.2, 0.25) is 15.9 Å². The van der Waals surface area contributed by atoms with E-state index < -0.39 is 10.0 Å². The minimum absolute atomic E-state index is 0.0165. The molecule has 9 heteroatoms. The minimum atomic E-state index is -3.66. The summed E-state index contributed by atoms with van der Waals surface area (Å²) in [5, 5.41) is 3.75. The number of hydrogen-bond donors (Lipinski definition) is 1. The molecule has 0 spiro atoms. The van der Waals surface area contributed by atoms with Crippen LogP contribution in [-0.2, 0) is 14.8 Å². The molecule has 1 aliphatic heterocycles. The van der Waals surface area contributed by atoms with Crippen molar-refractivity contribution >= 4 is 15.9 Å². The molecule has 1 amide bonds. The number of amides is 1. The lowest BCUT2D eigenvalue weighted by Gasteiger charge is -2.40. The summed E-state index contributed by atoms with van der Waals surface area (Å²) >= 11 is 0. The first-order valence-electron chi connectivity index (χ1n) is 11.3. The first-order valence-corrected chi connectivity index (χ1v) is 12.8. The topological polar surface area (TPSA) is 95.8 Å². The maximum Gasteiger partial charge on any atom is 0.246 e. The molecule has 168 valence electrons. The van der Waals surface area contributed by atoms with Crippen LogP contribution in [0.1, 0.15) is 62.8 Å². The van der Waals surface area contributed by atoms with E-state index in [1.807, 2.05) is 4.90 Å². The van der Waals surface area contributed by atoms with Crippen molar-refractivity contribution in [1.82, 2.24) is 19.7 Å². The Kier molecular flexibility index (Phi) is 6.50. The number of nitrogens with one attached hydrogen (secondary N) is 1. The van der Waals surface area contributed by atoms with Gasteiger partial charge in [0.05, 0.1) is 0 Å². The number of aromatic nitrogens is 1. The highest BCUT2D eigenvalue weighted by Gasteiger charge is 2.35. The zero-order valence-corrected chi connectivity index (χ0v) is 18.9. The molecule has 0 aromatic carbocycles. The number of nitrogens with zero attached hydrogens (tertiary/aromatic N) is 3. The van der Waals surface area contributed by atoms with Gasteiger partial charge >= 0.3 is 0 Å². The Hall–Kier alpha value is -1.45. The van der Waals surface area contributed by atoms with Crippen LogP contribution in [0.4, 0.5) is 0 Å². The van der Waals surface area contributed by atoms with Gasteiger partial charge in [-0.15, -0.1) is 0 Å². The maximum atomic E-state index is 13.0. The molecule has 0 unspecified atom stereocenters. The minimum Gasteiger partial charge on any atom is -0.360 e. The molecule has 30 heavy (non-hydrogen) atoms. The third-order valence-electron chi connectivity index (χ3n) is 7.10. The molecule has 3 aliphatic rings. The quantitative estimate of drug-likeness (QED) is 0.757. The average Bonchev–Trinajstić information content (AvgIpc) is 3.38. The molecule has 8 nitrogen and oxygen atoms in total. The third-order valence-corrected chi connectivity index (χ3v) is 8.87. The maximum absolute atomic E-state index is 13.0. The molecular weight excluding hydrogens is 404 g/mol. The normalized spacial score (nSPS) is 26.9. The summed E-state index contributed by atoms with van der Waals surface area (Å²) in [6, 6.07) is 0.579. The Bertz CT molecular complexity index is 827. The zero-order chi connectivity index (χ0) is 21.3. The van der Waals surface area contributed by atoms with Crippen molar-refractivity contribution in [1.29, 1.82) is 0 Å². The molecule has 1 saturated heterocycles. The van der Waals surface area contributed by atoms with Crippen LogP contribution in [0, 0.1) is 19.8 Å². The van der Waals surface area contributed by atoms with Crippen LogP contribution in [0.25, 0.3) is 0 Å². The van der Waals surface area contributed by atoms with Crippen molar-refractivity contribution in [2.75, 3.05) is 26.2 Å². The number of carbonyl (C=O) groups is 1. The lowest BCUT2D eigenvalue weighted by molar-refractivity contribution is -0.138. The lowest BCUT2D eigenvalue weighted by Crippen LogP contribution is -2.53. The standard InChI is InChI=1S/C21H34N4O4S/c1-15-20(16(2)29-22-15)30(27,28)23-18-9-7-17(8-10-18)21(26)25-13-11-24(12-14-25)19-5-3-4-6-19/h17-19,23H,3-14H2,1-2H3. The highest BCUT2D eigenvalue weighted by Crippen LogP contribution is 2.29. The number of piperazine rings is 1. The van der Waals surface area contributed by atoms with Gasteiger partial charge in [-0.3, -0.25) is 9.69 Å². The molecule has 3 fully saturated rings. The second-order valence-corrected chi connectivity index (χ2v) is 10.8. The van der Waals surface area contributed by atoms with E-state index >= 15 is 0 Å². The predicted octanol–water partition coefficient (Wildman–Crippen LogP) is 2.22. The fraction of sp³-hybridized carbons (Fsp3) is 0.810. The van der Waals surface area contributed by atoms with Crippen LogP contribution >= 0.6 is 0 Å². The Morgan fingerprint density at radius 1 is 1.00 bits per heavy atom. The molecule has 2 saturated carbocycles. The molecule has 1 aromatic heterocycles. The van der Waals surface area contributed by atoms with Gasteiger partial charge in [-0.1, -0.05) is 18.0 Å². The van der Waals surface area contributed by atoms with Crippen molar-refractivity contribution in [3.05, 3.63) is 11.5 Å². The smallest absolute Gasteiger partial charge is 0.246 e. The average molecular weight is 439 g/mol. The van der Waals surface area contributed by atoms with Crippen LogP contribution < -0.4 is 4.72 Å². The zero-order valence-electron chi connectivity index (χ0n) is 18.1. The Morgan fingerprint density at radius 3 is 2.20 bits per heavy atom. The van der Waals surface area contributed by atoms with Crippen molar-refractivity contribution in [3.8, 4) is 0 Å². The second kappa shape index (κ2) is 8.96. The molecule has 2 aliphatic carbocycles. The number of aryl methyl sites for hydroxylation is 2. The lowest BCUT2D eigenvalue weighted by atomic mass is 9.85. The summed E-state index contributed by atoms with van der Waals surface area (Å²) < 4.78 is 33.2. The Labute approximate surface area is 179 Å². The van der Waals surface area contributed by atoms with Crippen molar-refractivity contribution in [2.24, 2.45) is 5.92 Å². The number of hydrogen-bond acceptors (Lipinski definition) is 6. The molecular formula is C21H34N4O4S. The monoisotopic (exact) mass is 438 g/mol. The van der Waals surface area contributed by atoms with Crippen LogP contribution in [0.15, 0.2) is 9.42 Å². The summed E-state index contributed by atoms with van der Waals surface area (Å²) in [6.07, 6.45) is 8.12. The van der Waals surface area contributed by atoms with Crippen molar-refractivity contribution in [3.63, 3.8) is 0 Å². The number of carbonyl (C=O) groups excluding carboxylic acids is 1. The van der Waals surface area contributed by atoms with Crippen molar-refractivity contribution < 1.29 is 17.7 Å². The van der Waals surface area contributed by atoms with E-state index in [9.17, 15) is 13.2 Å². The largest absolute Gasteiger partial charge is 0.360 e. The Morgan fingerprint density at radius 2 is 1.63 bits per heavy atom. The van der Waals surface area contributed by atoms with Gasteiger partial charge in [-0.25, -0.2) is 13.1 Å². The van der Waals surface area contributed by atoms with Gasteiger partial charge in [0.15, 0.2) is 5.76 Å². The number of rotatable bonds is 5. The van der Waals surface area contributed by atoms with E-state index in [1.54, 1.807) is 13.8 Å². The first kappa shape index (κ1) is 21.8.